The van der Waals surface area contributed by atoms with Crippen molar-refractivity contribution >= 4 is 16.7 Å². The van der Waals surface area contributed by atoms with Gasteiger partial charge in [0.05, 0.1) is 5.52 Å². The summed E-state index contributed by atoms with van der Waals surface area (Å²) in [4.78, 5) is 9.35. The van der Waals surface area contributed by atoms with Crippen molar-refractivity contribution in [3.8, 4) is 11.3 Å². The van der Waals surface area contributed by atoms with Crippen LogP contribution in [0.1, 0.15) is 5.56 Å². The monoisotopic (exact) mass is 307 g/mol. The van der Waals surface area contributed by atoms with E-state index >= 15 is 0 Å². The number of aryl methyl sites for hydroxylation is 1. The van der Waals surface area contributed by atoms with Gasteiger partial charge in [-0.05, 0) is 37.7 Å². The molecule has 5 heteroatoms. The number of aromatic nitrogens is 3. The highest BCUT2D eigenvalue weighted by atomic mass is 15.3. The van der Waals surface area contributed by atoms with E-state index in [1.165, 1.54) is 5.56 Å². The van der Waals surface area contributed by atoms with Crippen LogP contribution in [0, 0.1) is 6.92 Å². The van der Waals surface area contributed by atoms with Crippen LogP contribution in [0.4, 0.5) is 5.82 Å². The number of pyridine rings is 1. The van der Waals surface area contributed by atoms with E-state index in [4.69, 9.17) is 0 Å². The molecular formula is C18H21N5. The topological polar surface area (TPSA) is 48.1 Å². The number of benzene rings is 1. The van der Waals surface area contributed by atoms with Crippen molar-refractivity contribution in [1.82, 2.24) is 20.1 Å². The van der Waals surface area contributed by atoms with E-state index in [2.05, 4.69) is 69.3 Å². The lowest BCUT2D eigenvalue weighted by Gasteiger charge is -2.33. The number of hydrogen-bond acceptors (Lipinski definition) is 4. The molecule has 1 aliphatic heterocycles. The maximum absolute atomic E-state index is 4.66. The number of piperazine rings is 1. The minimum Gasteiger partial charge on any atom is -0.354 e. The van der Waals surface area contributed by atoms with Gasteiger partial charge < -0.3 is 9.80 Å². The van der Waals surface area contributed by atoms with Crippen LogP contribution in [-0.2, 0) is 0 Å². The smallest absolute Gasteiger partial charge is 0.128 e. The third-order valence-corrected chi connectivity index (χ3v) is 4.57. The predicted octanol–water partition coefficient (Wildman–Crippen LogP) is 2.69. The Hall–Kier alpha value is -2.40. The highest BCUT2D eigenvalue weighted by Crippen LogP contribution is 2.27. The molecule has 3 aromatic rings. The molecule has 0 bridgehead atoms. The Balaban J connectivity index is 1.62. The first-order valence-corrected chi connectivity index (χ1v) is 8.05. The van der Waals surface area contributed by atoms with Gasteiger partial charge in [-0.15, -0.1) is 0 Å². The summed E-state index contributed by atoms with van der Waals surface area (Å²) in [5, 5.41) is 8.73. The Morgan fingerprint density at radius 2 is 1.87 bits per heavy atom. The van der Waals surface area contributed by atoms with Crippen LogP contribution in [0.3, 0.4) is 0 Å². The first kappa shape index (κ1) is 14.2. The zero-order valence-corrected chi connectivity index (χ0v) is 13.6. The van der Waals surface area contributed by atoms with Gasteiger partial charge in [-0.25, -0.2) is 4.98 Å². The van der Waals surface area contributed by atoms with Crippen molar-refractivity contribution in [1.29, 1.82) is 0 Å². The summed E-state index contributed by atoms with van der Waals surface area (Å²) >= 11 is 0. The number of nitrogens with zero attached hydrogens (tertiary/aromatic N) is 4. The number of rotatable bonds is 2. The molecule has 0 amide bonds. The Morgan fingerprint density at radius 3 is 2.61 bits per heavy atom. The van der Waals surface area contributed by atoms with E-state index in [0.29, 0.717) is 0 Å². The minimum absolute atomic E-state index is 0.970. The molecule has 0 spiro atoms. The summed E-state index contributed by atoms with van der Waals surface area (Å²) < 4.78 is 0. The number of H-pyrrole nitrogens is 1. The fourth-order valence-corrected chi connectivity index (χ4v) is 3.10. The number of aromatic amines is 1. The average Bonchev–Trinajstić information content (AvgIpc) is 2.99. The van der Waals surface area contributed by atoms with E-state index in [1.807, 2.05) is 6.20 Å². The van der Waals surface area contributed by atoms with Gasteiger partial charge in [0.2, 0.25) is 0 Å². The average molecular weight is 307 g/mol. The first-order valence-electron chi connectivity index (χ1n) is 8.05. The van der Waals surface area contributed by atoms with Crippen molar-refractivity contribution in [2.45, 2.75) is 6.92 Å². The summed E-state index contributed by atoms with van der Waals surface area (Å²) in [5.74, 6) is 1.05. The third-order valence-electron chi connectivity index (χ3n) is 4.57. The lowest BCUT2D eigenvalue weighted by molar-refractivity contribution is 0.312. The molecular weight excluding hydrogens is 286 g/mol. The van der Waals surface area contributed by atoms with Gasteiger partial charge in [-0.1, -0.05) is 12.1 Å². The molecule has 1 saturated heterocycles. The Bertz CT molecular complexity index is 813. The normalized spacial score (nSPS) is 16.2. The molecule has 4 rings (SSSR count). The van der Waals surface area contributed by atoms with E-state index in [0.717, 1.165) is 54.2 Å². The molecule has 118 valence electrons. The molecule has 0 radical (unpaired) electrons. The van der Waals surface area contributed by atoms with Gasteiger partial charge in [0.15, 0.2) is 0 Å². The predicted molar refractivity (Wildman–Crippen MR) is 93.8 cm³/mol. The van der Waals surface area contributed by atoms with Crippen molar-refractivity contribution in [3.05, 3.63) is 42.1 Å². The standard InChI is InChI=1S/C18H21N5/c1-13-3-5-15-16(11-13)20-21-18(15)14-4-6-17(19-12-14)23-9-7-22(2)8-10-23/h3-6,11-12H,7-10H2,1-2H3,(H,20,21). The Kier molecular flexibility index (Phi) is 3.50. The molecule has 1 fully saturated rings. The molecule has 3 heterocycles. The SMILES string of the molecule is Cc1ccc2c(-c3ccc(N4CCN(C)CC4)nc3)n[nH]c2c1. The van der Waals surface area contributed by atoms with Crippen LogP contribution < -0.4 is 4.90 Å². The van der Waals surface area contributed by atoms with Crippen LogP contribution in [0.2, 0.25) is 0 Å². The van der Waals surface area contributed by atoms with Gasteiger partial charge in [-0.2, -0.15) is 5.10 Å². The second-order valence-electron chi connectivity index (χ2n) is 6.32. The van der Waals surface area contributed by atoms with Crippen LogP contribution >= 0.6 is 0 Å². The second kappa shape index (κ2) is 5.66. The Morgan fingerprint density at radius 1 is 1.04 bits per heavy atom. The summed E-state index contributed by atoms with van der Waals surface area (Å²) in [5.41, 5.74) is 4.33. The van der Waals surface area contributed by atoms with Crippen molar-refractivity contribution in [2.24, 2.45) is 0 Å². The van der Waals surface area contributed by atoms with Gasteiger partial charge in [0.25, 0.3) is 0 Å². The lowest BCUT2D eigenvalue weighted by Crippen LogP contribution is -2.44. The molecule has 0 aliphatic carbocycles. The first-order chi connectivity index (χ1) is 11.2. The molecule has 0 saturated carbocycles. The number of hydrogen-bond donors (Lipinski definition) is 1. The van der Waals surface area contributed by atoms with Gasteiger partial charge in [0.1, 0.15) is 11.5 Å². The largest absolute Gasteiger partial charge is 0.354 e. The van der Waals surface area contributed by atoms with E-state index in [9.17, 15) is 0 Å². The van der Waals surface area contributed by atoms with Crippen LogP contribution in [-0.4, -0.2) is 53.3 Å². The minimum atomic E-state index is 0.970. The van der Waals surface area contributed by atoms with Crippen molar-refractivity contribution < 1.29 is 0 Å². The van der Waals surface area contributed by atoms with E-state index in [-0.39, 0.29) is 0 Å². The second-order valence-corrected chi connectivity index (χ2v) is 6.32. The van der Waals surface area contributed by atoms with Crippen molar-refractivity contribution in [3.63, 3.8) is 0 Å². The number of nitrogens with one attached hydrogen (secondary N) is 1. The summed E-state index contributed by atoms with van der Waals surface area (Å²) in [7, 11) is 2.16. The van der Waals surface area contributed by atoms with Crippen LogP contribution in [0.25, 0.3) is 22.2 Å². The molecule has 0 unspecified atom stereocenters. The van der Waals surface area contributed by atoms with Gasteiger partial charge in [0, 0.05) is 43.3 Å². The van der Waals surface area contributed by atoms with Crippen LogP contribution in [0.15, 0.2) is 36.5 Å². The maximum atomic E-state index is 4.66. The molecule has 2 aromatic heterocycles. The number of fused-ring (bicyclic) bond motifs is 1. The van der Waals surface area contributed by atoms with E-state index in [1.54, 1.807) is 0 Å². The molecule has 23 heavy (non-hydrogen) atoms. The maximum Gasteiger partial charge on any atom is 0.128 e. The summed E-state index contributed by atoms with van der Waals surface area (Å²) in [6.45, 7) is 6.34. The fraction of sp³-hybridized carbons (Fsp3) is 0.333. The molecule has 1 N–H and O–H groups in total. The van der Waals surface area contributed by atoms with E-state index < -0.39 is 0 Å². The number of likely N-dealkylation sites (N-methyl/N-ethyl adjacent to an activating group) is 1. The summed E-state index contributed by atoms with van der Waals surface area (Å²) in [6, 6.07) is 10.6. The van der Waals surface area contributed by atoms with Crippen LogP contribution in [0.5, 0.6) is 0 Å². The van der Waals surface area contributed by atoms with Crippen molar-refractivity contribution in [2.75, 3.05) is 38.1 Å². The zero-order chi connectivity index (χ0) is 15.8. The zero-order valence-electron chi connectivity index (χ0n) is 13.6. The number of anilines is 1. The highest BCUT2D eigenvalue weighted by Gasteiger charge is 2.15. The Labute approximate surface area is 135 Å². The molecule has 5 nitrogen and oxygen atoms in total. The lowest BCUT2D eigenvalue weighted by atomic mass is 10.1. The summed E-state index contributed by atoms with van der Waals surface area (Å²) in [6.07, 6.45) is 1.93. The fourth-order valence-electron chi connectivity index (χ4n) is 3.10. The quantitative estimate of drug-likeness (QED) is 0.791. The van der Waals surface area contributed by atoms with Gasteiger partial charge in [-0.3, -0.25) is 5.10 Å². The third kappa shape index (κ3) is 2.68. The molecule has 0 atom stereocenters. The highest BCUT2D eigenvalue weighted by molar-refractivity contribution is 5.93. The molecule has 1 aromatic carbocycles. The molecule has 1 aliphatic rings. The van der Waals surface area contributed by atoms with Gasteiger partial charge >= 0.3 is 0 Å².